The molecule has 0 atom stereocenters. The molecule has 4 rings (SSSR count). The van der Waals surface area contributed by atoms with E-state index < -0.39 is 0 Å². The minimum atomic E-state index is -0.358. The Kier molecular flexibility index (Phi) is 4.87. The number of imide groups is 1. The average Bonchev–Trinajstić information content (AvgIpc) is 3.28. The molecule has 0 saturated carbocycles. The normalized spacial score (nSPS) is 16.4. The van der Waals surface area contributed by atoms with Crippen LogP contribution in [0.5, 0.6) is 0 Å². The Morgan fingerprint density at radius 3 is 2.14 bits per heavy atom. The molecule has 3 heterocycles. The Labute approximate surface area is 167 Å². The van der Waals surface area contributed by atoms with E-state index in [1.54, 1.807) is 40.1 Å². The summed E-state index contributed by atoms with van der Waals surface area (Å²) < 4.78 is 0. The average molecular weight is 395 g/mol. The van der Waals surface area contributed by atoms with Gasteiger partial charge < -0.3 is 9.80 Å². The molecule has 2 aliphatic rings. The summed E-state index contributed by atoms with van der Waals surface area (Å²) in [6, 6.07) is 8.36. The number of rotatable bonds is 4. The third-order valence-corrected chi connectivity index (χ3v) is 5.27. The largest absolute Gasteiger partial charge is 0.339 e. The van der Waals surface area contributed by atoms with Gasteiger partial charge in [-0.25, -0.2) is 0 Å². The second kappa shape index (κ2) is 7.50. The van der Waals surface area contributed by atoms with Crippen LogP contribution in [0.2, 0.25) is 0 Å². The fourth-order valence-corrected chi connectivity index (χ4v) is 3.66. The maximum atomic E-state index is 12.5. The third kappa shape index (κ3) is 3.51. The van der Waals surface area contributed by atoms with E-state index in [2.05, 4.69) is 10.2 Å². The van der Waals surface area contributed by atoms with E-state index in [-0.39, 0.29) is 36.6 Å². The number of fused-ring (bicyclic) bond motifs is 1. The van der Waals surface area contributed by atoms with Gasteiger partial charge >= 0.3 is 0 Å². The molecule has 0 spiro atoms. The molecule has 9 nitrogen and oxygen atoms in total. The van der Waals surface area contributed by atoms with Crippen LogP contribution in [0.1, 0.15) is 43.3 Å². The smallest absolute Gasteiger partial charge is 0.274 e. The van der Waals surface area contributed by atoms with Gasteiger partial charge in [0, 0.05) is 44.8 Å². The van der Waals surface area contributed by atoms with Crippen molar-refractivity contribution in [2.45, 2.75) is 13.3 Å². The number of piperazine rings is 1. The summed E-state index contributed by atoms with van der Waals surface area (Å²) in [6.45, 7) is 3.55. The number of nitrogens with one attached hydrogen (secondary N) is 1. The van der Waals surface area contributed by atoms with E-state index in [0.717, 1.165) is 10.6 Å². The van der Waals surface area contributed by atoms with Gasteiger partial charge in [0.15, 0.2) is 0 Å². The first-order valence-corrected chi connectivity index (χ1v) is 9.50. The summed E-state index contributed by atoms with van der Waals surface area (Å²) in [6.07, 6.45) is 0.0674. The van der Waals surface area contributed by atoms with E-state index in [1.165, 1.54) is 0 Å². The van der Waals surface area contributed by atoms with E-state index in [0.29, 0.717) is 43.0 Å². The first-order chi connectivity index (χ1) is 14.0. The van der Waals surface area contributed by atoms with Crippen LogP contribution < -0.4 is 0 Å². The number of aromatic amines is 1. The lowest BCUT2D eigenvalue weighted by atomic mass is 10.1. The molecule has 0 aliphatic carbocycles. The van der Waals surface area contributed by atoms with Crippen molar-refractivity contribution in [3.63, 3.8) is 0 Å². The number of hydrogen-bond acceptors (Lipinski definition) is 5. The first kappa shape index (κ1) is 18.9. The summed E-state index contributed by atoms with van der Waals surface area (Å²) in [5, 5.41) is 6.73. The van der Waals surface area contributed by atoms with Gasteiger partial charge in [-0.05, 0) is 25.1 Å². The molecule has 1 fully saturated rings. The Bertz CT molecular complexity index is 955. The zero-order valence-corrected chi connectivity index (χ0v) is 16.1. The summed E-state index contributed by atoms with van der Waals surface area (Å²) in [4.78, 5) is 54.2. The van der Waals surface area contributed by atoms with E-state index in [4.69, 9.17) is 0 Å². The van der Waals surface area contributed by atoms with Crippen LogP contribution in [0, 0.1) is 6.92 Å². The number of H-pyrrole nitrogens is 1. The van der Waals surface area contributed by atoms with Crippen LogP contribution in [-0.4, -0.2) is 81.2 Å². The van der Waals surface area contributed by atoms with Crippen molar-refractivity contribution in [1.82, 2.24) is 24.9 Å². The molecule has 1 N–H and O–H groups in total. The van der Waals surface area contributed by atoms with Crippen molar-refractivity contribution < 1.29 is 19.2 Å². The van der Waals surface area contributed by atoms with E-state index in [1.807, 2.05) is 6.92 Å². The highest BCUT2D eigenvalue weighted by Gasteiger charge is 2.35. The number of carbonyl (C=O) groups is 4. The highest BCUT2D eigenvalue weighted by atomic mass is 16.2. The molecule has 4 amide bonds. The van der Waals surface area contributed by atoms with Crippen LogP contribution >= 0.6 is 0 Å². The van der Waals surface area contributed by atoms with Gasteiger partial charge in [-0.1, -0.05) is 12.1 Å². The van der Waals surface area contributed by atoms with E-state index in [9.17, 15) is 19.2 Å². The van der Waals surface area contributed by atoms with Crippen LogP contribution in [0.25, 0.3) is 0 Å². The fraction of sp³-hybridized carbons (Fsp3) is 0.350. The summed E-state index contributed by atoms with van der Waals surface area (Å²) in [7, 11) is 0. The van der Waals surface area contributed by atoms with Gasteiger partial charge in [-0.2, -0.15) is 5.10 Å². The molecule has 2 aliphatic heterocycles. The van der Waals surface area contributed by atoms with Crippen LogP contribution in [0.15, 0.2) is 30.3 Å². The molecule has 1 aromatic heterocycles. The zero-order valence-electron chi connectivity index (χ0n) is 16.1. The maximum absolute atomic E-state index is 12.5. The van der Waals surface area contributed by atoms with Gasteiger partial charge in [0.1, 0.15) is 5.69 Å². The third-order valence-electron chi connectivity index (χ3n) is 5.27. The number of aryl methyl sites for hydroxylation is 1. The minimum absolute atomic E-state index is 0.0525. The lowest BCUT2D eigenvalue weighted by Gasteiger charge is -2.34. The highest BCUT2D eigenvalue weighted by molar-refractivity contribution is 6.21. The molecular formula is C20H21N5O4. The molecule has 9 heteroatoms. The molecule has 0 bridgehead atoms. The second-order valence-electron chi connectivity index (χ2n) is 7.17. The monoisotopic (exact) mass is 395 g/mol. The molecule has 150 valence electrons. The predicted molar refractivity (Wildman–Crippen MR) is 102 cm³/mol. The van der Waals surface area contributed by atoms with Crippen molar-refractivity contribution in [1.29, 1.82) is 0 Å². The van der Waals surface area contributed by atoms with Crippen molar-refractivity contribution in [2.24, 2.45) is 0 Å². The van der Waals surface area contributed by atoms with Gasteiger partial charge in [-0.3, -0.25) is 29.2 Å². The molecule has 1 saturated heterocycles. The summed E-state index contributed by atoms with van der Waals surface area (Å²) in [5.74, 6) is -1.01. The molecule has 0 unspecified atom stereocenters. The Morgan fingerprint density at radius 2 is 1.59 bits per heavy atom. The van der Waals surface area contributed by atoms with Crippen LogP contribution in [0.4, 0.5) is 0 Å². The zero-order chi connectivity index (χ0) is 20.5. The van der Waals surface area contributed by atoms with Crippen molar-refractivity contribution in [2.75, 3.05) is 32.7 Å². The van der Waals surface area contributed by atoms with E-state index >= 15 is 0 Å². The number of amides is 4. The summed E-state index contributed by atoms with van der Waals surface area (Å²) >= 11 is 0. The lowest BCUT2D eigenvalue weighted by Crippen LogP contribution is -2.51. The quantitative estimate of drug-likeness (QED) is 0.767. The van der Waals surface area contributed by atoms with Gasteiger partial charge in [0.25, 0.3) is 17.7 Å². The lowest BCUT2D eigenvalue weighted by molar-refractivity contribution is -0.132. The highest BCUT2D eigenvalue weighted by Crippen LogP contribution is 2.22. The Morgan fingerprint density at radius 1 is 1.00 bits per heavy atom. The van der Waals surface area contributed by atoms with Gasteiger partial charge in [0.05, 0.1) is 11.1 Å². The molecular weight excluding hydrogens is 374 g/mol. The number of aromatic nitrogens is 2. The molecule has 1 aromatic carbocycles. The molecule has 2 aromatic rings. The standard InChI is InChI=1S/C20H21N5O4/c1-13-12-16(22-21-13)20(29)24-10-8-23(9-11-24)17(26)6-7-25-18(27)14-4-2-3-5-15(14)19(25)28/h2-5,12H,6-11H2,1H3,(H,21,22). The SMILES string of the molecule is Cc1cc(C(=O)N2CCN(C(=O)CCN3C(=O)c4ccccc4C3=O)CC2)n[nH]1. The topological polar surface area (TPSA) is 107 Å². The number of nitrogens with zero attached hydrogens (tertiary/aromatic N) is 4. The van der Waals surface area contributed by atoms with Crippen molar-refractivity contribution >= 4 is 23.6 Å². The van der Waals surface area contributed by atoms with Crippen molar-refractivity contribution in [3.8, 4) is 0 Å². The van der Waals surface area contributed by atoms with Crippen molar-refractivity contribution in [3.05, 3.63) is 52.8 Å². The minimum Gasteiger partial charge on any atom is -0.339 e. The maximum Gasteiger partial charge on any atom is 0.274 e. The fourth-order valence-electron chi connectivity index (χ4n) is 3.66. The molecule has 29 heavy (non-hydrogen) atoms. The predicted octanol–water partition coefficient (Wildman–Crippen LogP) is 0.689. The summed E-state index contributed by atoms with van der Waals surface area (Å²) in [5.41, 5.74) is 1.94. The number of carbonyl (C=O) groups excluding carboxylic acids is 4. The van der Waals surface area contributed by atoms with Crippen LogP contribution in [0.3, 0.4) is 0 Å². The number of hydrogen-bond donors (Lipinski definition) is 1. The second-order valence-corrected chi connectivity index (χ2v) is 7.17. The first-order valence-electron chi connectivity index (χ1n) is 9.50. The van der Waals surface area contributed by atoms with Gasteiger partial charge in [-0.15, -0.1) is 0 Å². The number of benzene rings is 1. The van der Waals surface area contributed by atoms with Gasteiger partial charge in [0.2, 0.25) is 5.91 Å². The Balaban J connectivity index is 1.29. The Hall–Kier alpha value is -3.49. The van der Waals surface area contributed by atoms with Crippen LogP contribution in [-0.2, 0) is 4.79 Å². The molecule has 0 radical (unpaired) electrons.